The minimum absolute atomic E-state index is 0. The van der Waals surface area contributed by atoms with Crippen LogP contribution >= 0.6 is 12.4 Å². The van der Waals surface area contributed by atoms with Gasteiger partial charge in [0.25, 0.3) is 0 Å². The van der Waals surface area contributed by atoms with Crippen molar-refractivity contribution < 1.29 is 4.79 Å². The average molecular weight is 347 g/mol. The Labute approximate surface area is 148 Å². The van der Waals surface area contributed by atoms with Gasteiger partial charge in [0.1, 0.15) is 0 Å². The third-order valence-electron chi connectivity index (χ3n) is 5.08. The third kappa shape index (κ3) is 3.47. The Morgan fingerprint density at radius 3 is 2.71 bits per heavy atom. The van der Waals surface area contributed by atoms with Crippen LogP contribution < -0.4 is 10.6 Å². The van der Waals surface area contributed by atoms with Crippen LogP contribution in [0, 0.1) is 5.92 Å². The highest BCUT2D eigenvalue weighted by atomic mass is 35.5. The molecular formula is C18H23ClN4O. The van der Waals surface area contributed by atoms with E-state index in [4.69, 9.17) is 0 Å². The lowest BCUT2D eigenvalue weighted by atomic mass is 9.85. The third-order valence-corrected chi connectivity index (χ3v) is 5.08. The molecule has 1 aromatic carbocycles. The minimum Gasteiger partial charge on any atom is -0.325 e. The number of nitrogens with one attached hydrogen (secondary N) is 2. The van der Waals surface area contributed by atoms with E-state index in [1.54, 1.807) is 10.9 Å². The number of halogens is 1. The first-order valence-electron chi connectivity index (χ1n) is 8.46. The first-order valence-corrected chi connectivity index (χ1v) is 8.46. The van der Waals surface area contributed by atoms with Crippen LogP contribution in [0.3, 0.4) is 0 Å². The molecule has 128 valence electrons. The van der Waals surface area contributed by atoms with E-state index < -0.39 is 0 Å². The Morgan fingerprint density at radius 1 is 1.21 bits per heavy atom. The molecule has 1 aliphatic carbocycles. The monoisotopic (exact) mass is 346 g/mol. The maximum absolute atomic E-state index is 12.5. The molecule has 1 saturated carbocycles. The molecule has 2 fully saturated rings. The quantitative estimate of drug-likeness (QED) is 0.897. The normalized spacial score (nSPS) is 25.6. The summed E-state index contributed by atoms with van der Waals surface area (Å²) in [4.78, 5) is 12.5. The molecule has 1 saturated heterocycles. The molecule has 5 nitrogen and oxygen atoms in total. The molecule has 0 bridgehead atoms. The number of aromatic nitrogens is 2. The summed E-state index contributed by atoms with van der Waals surface area (Å²) >= 11 is 0. The molecule has 1 amide bonds. The van der Waals surface area contributed by atoms with Crippen molar-refractivity contribution in [3.05, 3.63) is 42.7 Å². The summed E-state index contributed by atoms with van der Waals surface area (Å²) in [6.45, 7) is 0. The van der Waals surface area contributed by atoms with Gasteiger partial charge < -0.3 is 10.6 Å². The van der Waals surface area contributed by atoms with Crippen molar-refractivity contribution in [2.75, 3.05) is 5.32 Å². The molecule has 2 aromatic rings. The number of anilines is 1. The standard InChI is InChI=1S/C18H22N4O.ClH/c23-18(17-12-13-4-1-2-5-16(13)21-17)20-14-6-8-15(9-7-14)22-11-3-10-19-22;/h3,6-11,13,16-17,21H,1-2,4-5,12H2,(H,20,23);1H. The number of amides is 1. The Hall–Kier alpha value is -1.85. The number of benzene rings is 1. The highest BCUT2D eigenvalue weighted by molar-refractivity contribution is 5.95. The lowest BCUT2D eigenvalue weighted by Crippen LogP contribution is -2.39. The van der Waals surface area contributed by atoms with E-state index in [1.165, 1.54) is 25.7 Å². The molecule has 6 heteroatoms. The fourth-order valence-electron chi connectivity index (χ4n) is 3.87. The number of hydrogen-bond donors (Lipinski definition) is 2. The number of carbonyl (C=O) groups is 1. The Bertz CT molecular complexity index is 657. The van der Waals surface area contributed by atoms with Gasteiger partial charge in [0, 0.05) is 24.1 Å². The summed E-state index contributed by atoms with van der Waals surface area (Å²) in [7, 11) is 0. The fraction of sp³-hybridized carbons (Fsp3) is 0.444. The molecule has 1 aromatic heterocycles. The van der Waals surface area contributed by atoms with Crippen molar-refractivity contribution in [3.8, 4) is 5.69 Å². The number of rotatable bonds is 3. The second-order valence-corrected chi connectivity index (χ2v) is 6.59. The number of carbonyl (C=O) groups excluding carboxylic acids is 1. The summed E-state index contributed by atoms with van der Waals surface area (Å²) < 4.78 is 1.80. The van der Waals surface area contributed by atoms with Crippen LogP contribution in [-0.2, 0) is 4.79 Å². The molecule has 2 aliphatic rings. The van der Waals surface area contributed by atoms with Gasteiger partial charge in [-0.3, -0.25) is 4.79 Å². The highest BCUT2D eigenvalue weighted by Crippen LogP contribution is 2.33. The van der Waals surface area contributed by atoms with Gasteiger partial charge in [-0.1, -0.05) is 12.8 Å². The predicted molar refractivity (Wildman–Crippen MR) is 96.7 cm³/mol. The van der Waals surface area contributed by atoms with Crippen molar-refractivity contribution >= 4 is 24.0 Å². The number of hydrogen-bond acceptors (Lipinski definition) is 3. The van der Waals surface area contributed by atoms with Gasteiger partial charge in [-0.15, -0.1) is 12.4 Å². The van der Waals surface area contributed by atoms with Crippen LogP contribution in [0.5, 0.6) is 0 Å². The van der Waals surface area contributed by atoms with E-state index in [9.17, 15) is 4.79 Å². The van der Waals surface area contributed by atoms with Crippen LogP contribution in [0.4, 0.5) is 5.69 Å². The van der Waals surface area contributed by atoms with Gasteiger partial charge in [-0.2, -0.15) is 5.10 Å². The van der Waals surface area contributed by atoms with Gasteiger partial charge in [0.15, 0.2) is 0 Å². The number of fused-ring (bicyclic) bond motifs is 1. The van der Waals surface area contributed by atoms with E-state index >= 15 is 0 Å². The van der Waals surface area contributed by atoms with Gasteiger partial charge >= 0.3 is 0 Å². The Morgan fingerprint density at radius 2 is 2.00 bits per heavy atom. The first-order chi connectivity index (χ1) is 11.3. The maximum atomic E-state index is 12.5. The molecule has 0 radical (unpaired) electrons. The summed E-state index contributed by atoms with van der Waals surface area (Å²) in [6.07, 6.45) is 9.71. The molecule has 2 heterocycles. The largest absolute Gasteiger partial charge is 0.325 e. The molecular weight excluding hydrogens is 324 g/mol. The van der Waals surface area contributed by atoms with Crippen LogP contribution in [-0.4, -0.2) is 27.8 Å². The smallest absolute Gasteiger partial charge is 0.241 e. The summed E-state index contributed by atoms with van der Waals surface area (Å²) in [5, 5.41) is 10.8. The predicted octanol–water partition coefficient (Wildman–Crippen LogP) is 3.15. The van der Waals surface area contributed by atoms with Gasteiger partial charge in [0.05, 0.1) is 11.7 Å². The molecule has 2 N–H and O–H groups in total. The Kier molecular flexibility index (Phi) is 5.21. The van der Waals surface area contributed by atoms with E-state index in [0.29, 0.717) is 12.0 Å². The summed E-state index contributed by atoms with van der Waals surface area (Å²) in [5.74, 6) is 0.771. The lowest BCUT2D eigenvalue weighted by molar-refractivity contribution is -0.117. The molecule has 0 spiro atoms. The van der Waals surface area contributed by atoms with Crippen LogP contribution in [0.15, 0.2) is 42.7 Å². The number of nitrogens with zero attached hydrogens (tertiary/aromatic N) is 2. The van der Waals surface area contributed by atoms with Gasteiger partial charge in [-0.05, 0) is 55.5 Å². The molecule has 4 rings (SSSR count). The summed E-state index contributed by atoms with van der Waals surface area (Å²) in [6, 6.07) is 10.2. The van der Waals surface area contributed by atoms with E-state index in [1.807, 2.05) is 36.5 Å². The van der Waals surface area contributed by atoms with E-state index in [2.05, 4.69) is 15.7 Å². The van der Waals surface area contributed by atoms with Crippen molar-refractivity contribution in [1.29, 1.82) is 0 Å². The molecule has 24 heavy (non-hydrogen) atoms. The lowest BCUT2D eigenvalue weighted by Gasteiger charge is -2.24. The van der Waals surface area contributed by atoms with Crippen LogP contribution in [0.25, 0.3) is 5.69 Å². The van der Waals surface area contributed by atoms with Crippen molar-refractivity contribution in [1.82, 2.24) is 15.1 Å². The summed E-state index contributed by atoms with van der Waals surface area (Å²) in [5.41, 5.74) is 1.82. The van der Waals surface area contributed by atoms with Crippen molar-refractivity contribution in [3.63, 3.8) is 0 Å². The van der Waals surface area contributed by atoms with Gasteiger partial charge in [-0.25, -0.2) is 4.68 Å². The van der Waals surface area contributed by atoms with Crippen LogP contribution in [0.1, 0.15) is 32.1 Å². The topological polar surface area (TPSA) is 59.0 Å². The Balaban J connectivity index is 0.00000169. The average Bonchev–Trinajstić information content (AvgIpc) is 3.25. The maximum Gasteiger partial charge on any atom is 0.241 e. The second-order valence-electron chi connectivity index (χ2n) is 6.59. The van der Waals surface area contributed by atoms with Crippen molar-refractivity contribution in [2.24, 2.45) is 5.92 Å². The zero-order valence-electron chi connectivity index (χ0n) is 13.5. The highest BCUT2D eigenvalue weighted by Gasteiger charge is 2.38. The minimum atomic E-state index is -0.0473. The van der Waals surface area contributed by atoms with Crippen LogP contribution in [0.2, 0.25) is 0 Å². The molecule has 1 aliphatic heterocycles. The van der Waals surface area contributed by atoms with E-state index in [-0.39, 0.29) is 24.4 Å². The van der Waals surface area contributed by atoms with E-state index in [0.717, 1.165) is 17.8 Å². The molecule has 3 atom stereocenters. The first kappa shape index (κ1) is 17.0. The zero-order valence-corrected chi connectivity index (χ0v) is 14.3. The fourth-order valence-corrected chi connectivity index (χ4v) is 3.87. The van der Waals surface area contributed by atoms with Crippen molar-refractivity contribution in [2.45, 2.75) is 44.2 Å². The zero-order chi connectivity index (χ0) is 15.6. The SMILES string of the molecule is Cl.O=C(Nc1ccc(-n2cccn2)cc1)C1CC2CCCCC2N1. The van der Waals surface area contributed by atoms with Gasteiger partial charge in [0.2, 0.25) is 5.91 Å². The molecule has 3 unspecified atom stereocenters. The second kappa shape index (κ2) is 7.36.